The molecule has 10 aromatic rings. The SMILES string of the molecule is CCC1(O)Oc2cc3c(cc2C(c2cc(OC)c(O)c(OC)c2)C1C(C)=O)OCO3.CN(C)c1ccc(C2CC(C)(N3CCCC3)Oc3cc4c(cc32)OCO4)cc1.COc1cc(C2c3cc4c(cc3OC(C)(O)C2C)OCO4)cc(OC)c1OC.COc1ccc(C2c3cc4c(cc3OC(C)(C)C2C)OCO4)cc1.COc1ccc(C2c3cc4c(cc3OC(C)(N3CCCC3)C2C)OCO4)c(OC)c1. The zero-order valence-corrected chi connectivity index (χ0v) is 83.2. The number of aliphatic hydroxyl groups is 2. The summed E-state index contributed by atoms with van der Waals surface area (Å²) < 4.78 is 131. The lowest BCUT2D eigenvalue weighted by molar-refractivity contribution is -0.194. The highest BCUT2D eigenvalue weighted by Gasteiger charge is 2.55. The number of Topliss-reactive ketones (excluding diaryl/α,β-unsaturated/α-hetero) is 1. The molecule has 30 nitrogen and oxygen atoms in total. The van der Waals surface area contributed by atoms with E-state index in [4.69, 9.17) is 109 Å². The van der Waals surface area contributed by atoms with Crippen molar-refractivity contribution in [3.05, 3.63) is 207 Å². The molecule has 0 aliphatic carbocycles. The first kappa shape index (κ1) is 97.0. The number of phenols is 1. The van der Waals surface area contributed by atoms with Crippen LogP contribution in [0.1, 0.15) is 193 Å². The van der Waals surface area contributed by atoms with Crippen LogP contribution in [-0.4, -0.2) is 191 Å². The van der Waals surface area contributed by atoms with Crippen LogP contribution in [0, 0.1) is 23.7 Å². The maximum absolute atomic E-state index is 12.8. The van der Waals surface area contributed by atoms with Gasteiger partial charge in [0.05, 0.1) is 62.8 Å². The van der Waals surface area contributed by atoms with Crippen molar-refractivity contribution in [2.24, 2.45) is 23.7 Å². The number of phenolic OH excluding ortho intramolecular Hbond substituents is 1. The fraction of sp³-hybridized carbons (Fsp3) is 0.445. The number of nitrogens with zero attached hydrogens (tertiary/aromatic N) is 3. The minimum atomic E-state index is -1.73. The molecule has 12 aliphatic rings. The Hall–Kier alpha value is -13.3. The summed E-state index contributed by atoms with van der Waals surface area (Å²) in [5.41, 5.74) is 10.4. The van der Waals surface area contributed by atoms with Crippen LogP contribution in [0.3, 0.4) is 0 Å². The minimum absolute atomic E-state index is 0.0784. The number of likely N-dealkylation sites (tertiary alicyclic amines) is 2. The molecule has 0 amide bonds. The van der Waals surface area contributed by atoms with Crippen LogP contribution in [0.5, 0.6) is 138 Å². The van der Waals surface area contributed by atoms with Crippen molar-refractivity contribution >= 4 is 11.5 Å². The fourth-order valence-electron chi connectivity index (χ4n) is 21.7. The number of ketones is 1. The molecule has 0 aromatic heterocycles. The van der Waals surface area contributed by atoms with Gasteiger partial charge in [0.25, 0.3) is 0 Å². The summed E-state index contributed by atoms with van der Waals surface area (Å²) in [6.07, 6.45) is 6.02. The Labute approximate surface area is 817 Å². The second-order valence-corrected chi connectivity index (χ2v) is 38.4. The first-order valence-corrected chi connectivity index (χ1v) is 47.8. The second-order valence-electron chi connectivity index (χ2n) is 38.4. The number of ether oxygens (including phenoxy) is 23. The van der Waals surface area contributed by atoms with E-state index in [0.29, 0.717) is 68.8 Å². The predicted molar refractivity (Wildman–Crippen MR) is 520 cm³/mol. The molecule has 140 heavy (non-hydrogen) atoms. The number of anilines is 1. The van der Waals surface area contributed by atoms with Gasteiger partial charge in [-0.25, -0.2) is 0 Å². The first-order chi connectivity index (χ1) is 67.3. The summed E-state index contributed by atoms with van der Waals surface area (Å²) in [4.78, 5) is 19.9. The van der Waals surface area contributed by atoms with E-state index in [0.717, 1.165) is 129 Å². The van der Waals surface area contributed by atoms with Crippen molar-refractivity contribution < 1.29 is 129 Å². The number of benzene rings is 10. The summed E-state index contributed by atoms with van der Waals surface area (Å²) in [5.74, 6) is 10.7. The maximum atomic E-state index is 12.8. The molecular formula is C110H127N3O27. The molecule has 0 saturated carbocycles. The average molecular weight is 1920 g/mol. The van der Waals surface area contributed by atoms with Gasteiger partial charge < -0.3 is 129 Å². The third-order valence-corrected chi connectivity index (χ3v) is 30.0. The molecule has 13 unspecified atom stereocenters. The van der Waals surface area contributed by atoms with E-state index >= 15 is 0 Å². The van der Waals surface area contributed by atoms with Crippen molar-refractivity contribution in [3.63, 3.8) is 0 Å². The van der Waals surface area contributed by atoms with Crippen LogP contribution >= 0.6 is 0 Å². The fourth-order valence-corrected chi connectivity index (χ4v) is 21.7. The van der Waals surface area contributed by atoms with Gasteiger partial charge >= 0.3 is 0 Å². The summed E-state index contributed by atoms with van der Waals surface area (Å²) in [6, 6.07) is 49.7. The first-order valence-electron chi connectivity index (χ1n) is 47.8. The average Bonchev–Trinajstić information content (AvgIpc) is 1.18. The second kappa shape index (κ2) is 39.1. The number of rotatable bonds is 18. The molecular weight excluding hydrogens is 1800 g/mol. The van der Waals surface area contributed by atoms with Gasteiger partial charge in [-0.2, -0.15) is 0 Å². The molecule has 12 aliphatic heterocycles. The highest BCUT2D eigenvalue weighted by Crippen LogP contribution is 2.61. The van der Waals surface area contributed by atoms with E-state index in [1.807, 2.05) is 67.6 Å². The number of hydrogen-bond donors (Lipinski definition) is 3. The van der Waals surface area contributed by atoms with Crippen molar-refractivity contribution in [1.82, 2.24) is 9.80 Å². The number of carbonyl (C=O) groups excluding carboxylic acids is 1. The lowest BCUT2D eigenvalue weighted by Crippen LogP contribution is -2.57. The quantitative estimate of drug-likeness (QED) is 0.0719. The summed E-state index contributed by atoms with van der Waals surface area (Å²) in [6.45, 7) is 25.4. The van der Waals surface area contributed by atoms with E-state index in [1.165, 1.54) is 69.2 Å². The Morgan fingerprint density at radius 1 is 0.379 bits per heavy atom. The van der Waals surface area contributed by atoms with Gasteiger partial charge in [0.2, 0.25) is 57.0 Å². The zero-order chi connectivity index (χ0) is 98.8. The summed E-state index contributed by atoms with van der Waals surface area (Å²) in [5, 5.41) is 32.6. The number of methoxy groups -OCH3 is 8. The zero-order valence-electron chi connectivity index (χ0n) is 83.2. The molecule has 2 fully saturated rings. The standard InChI is InChI=1S/C24H29NO5.C23H28N2O3.C22H24O8.C21H24O7.C20H22O4/c1-15-23(17-8-7-16(26-3)11-19(17)27-4)18-12-21-22(29-14-28-21)13-20(18)30-24(15,2)25-9-5-6-10-25;1-23(25-10-4-5-11-25)14-19(16-6-8-17(9-7-16)24(2)3)18-12-21-22(27-15-26-21)13-20(18)28-23;1-5-22(25)20(11(2)23)19(12-6-17(26-3)21(24)18(7-12)27-4)13-8-15-16(29-10-28-15)9-14(13)30-22;1-11-19(12-6-17(23-3)20(25-5)18(7-12)24-4)13-8-15-16(27-10-26-15)9-14(13)28-21(11,2)22;1-12-19(13-5-7-14(21-4)8-6-13)15-9-17-18(23-11-22-17)10-16(15)24-20(12,2)3/h7-8,11-13,15,23H,5-6,9-10,14H2,1-4H3;6-9,12-13,19H,4-5,10-11,14-15H2,1-3H3;6-9,19-20,24-25H,5,10H2,1-4H3;6-9,11,19,22H,10H2,1-5H3;5-10,12,19H,11H2,1-4H3. The monoisotopic (exact) mass is 1920 g/mol. The Balaban J connectivity index is 0.000000116. The van der Waals surface area contributed by atoms with Gasteiger partial charge in [-0.15, -0.1) is 0 Å². The molecule has 3 N–H and O–H groups in total. The molecule has 0 spiro atoms. The summed E-state index contributed by atoms with van der Waals surface area (Å²) in [7, 11) is 16.8. The van der Waals surface area contributed by atoms with Crippen molar-refractivity contribution in [2.75, 3.05) is 136 Å². The van der Waals surface area contributed by atoms with Gasteiger partial charge in [0, 0.05) is 183 Å². The van der Waals surface area contributed by atoms with Crippen LogP contribution in [0.4, 0.5) is 5.69 Å². The Morgan fingerprint density at radius 2 is 0.771 bits per heavy atom. The lowest BCUT2D eigenvalue weighted by Gasteiger charge is -2.50. The number of aromatic hydroxyl groups is 1. The molecule has 0 bridgehead atoms. The van der Waals surface area contributed by atoms with Crippen LogP contribution in [-0.2, 0) is 4.79 Å². The molecule has 10 aromatic carbocycles. The van der Waals surface area contributed by atoms with Crippen molar-refractivity contribution in [1.29, 1.82) is 0 Å². The third kappa shape index (κ3) is 18.1. The van der Waals surface area contributed by atoms with Crippen LogP contribution in [0.2, 0.25) is 0 Å². The van der Waals surface area contributed by atoms with E-state index in [9.17, 15) is 20.1 Å². The van der Waals surface area contributed by atoms with Crippen LogP contribution in [0.25, 0.3) is 0 Å². The number of hydrogen-bond acceptors (Lipinski definition) is 30. The molecule has 2 saturated heterocycles. The molecule has 13 atom stereocenters. The van der Waals surface area contributed by atoms with E-state index < -0.39 is 29.1 Å². The predicted octanol–water partition coefficient (Wildman–Crippen LogP) is 19.3. The third-order valence-electron chi connectivity index (χ3n) is 30.0. The Morgan fingerprint density at radius 3 is 1.22 bits per heavy atom. The molecule has 22 rings (SSSR count). The molecule has 30 heteroatoms. The Kier molecular flexibility index (Phi) is 27.1. The lowest BCUT2D eigenvalue weighted by atomic mass is 9.71. The largest absolute Gasteiger partial charge is 0.502 e. The van der Waals surface area contributed by atoms with Gasteiger partial charge in [0.1, 0.15) is 57.4 Å². The van der Waals surface area contributed by atoms with Gasteiger partial charge in [-0.05, 0) is 167 Å². The minimum Gasteiger partial charge on any atom is -0.502 e. The van der Waals surface area contributed by atoms with Crippen molar-refractivity contribution in [3.8, 4) is 138 Å². The van der Waals surface area contributed by atoms with Crippen LogP contribution in [0.15, 0.2) is 152 Å². The smallest absolute Gasteiger partial charge is 0.231 e. The van der Waals surface area contributed by atoms with Gasteiger partial charge in [-0.1, -0.05) is 58.0 Å². The highest BCUT2D eigenvalue weighted by molar-refractivity contribution is 5.83. The number of carbonyl (C=O) groups is 1. The van der Waals surface area contributed by atoms with E-state index in [1.54, 1.807) is 86.8 Å². The summed E-state index contributed by atoms with van der Waals surface area (Å²) >= 11 is 0. The van der Waals surface area contributed by atoms with Gasteiger partial charge in [0.15, 0.2) is 91.9 Å². The Bertz CT molecular complexity index is 6180. The van der Waals surface area contributed by atoms with Crippen LogP contribution < -0.4 is 114 Å². The van der Waals surface area contributed by atoms with Crippen molar-refractivity contribution in [2.45, 2.75) is 166 Å². The van der Waals surface area contributed by atoms with E-state index in [2.05, 4.69) is 131 Å². The maximum Gasteiger partial charge on any atom is 0.231 e. The molecule has 0 radical (unpaired) electrons. The highest BCUT2D eigenvalue weighted by atomic mass is 16.7. The van der Waals surface area contributed by atoms with E-state index in [-0.39, 0.29) is 110 Å². The molecule has 12 heterocycles. The number of fused-ring (bicyclic) bond motifs is 10. The normalized spacial score (nSPS) is 25.2. The topological polar surface area (TPSA) is 300 Å². The molecule has 744 valence electrons. The van der Waals surface area contributed by atoms with Gasteiger partial charge in [-0.3, -0.25) is 14.6 Å².